The number of nitrogens with one attached hydrogen (secondary N) is 1. The number of nitrogens with zero attached hydrogens (tertiary/aromatic N) is 1. The molecule has 0 aliphatic heterocycles. The number of hydrogen-bond donors (Lipinski definition) is 1. The highest BCUT2D eigenvalue weighted by Crippen LogP contribution is 2.16. The highest BCUT2D eigenvalue weighted by atomic mass is 79.9. The minimum atomic E-state index is 0.572. The Morgan fingerprint density at radius 3 is 2.26 bits per heavy atom. The second-order valence-electron chi connectivity index (χ2n) is 5.45. The Labute approximate surface area is 126 Å². The minimum absolute atomic E-state index is 0.572. The summed E-state index contributed by atoms with van der Waals surface area (Å²) in [5, 5.41) is 0. The van der Waals surface area contributed by atoms with Crippen molar-refractivity contribution in [2.45, 2.75) is 82.4 Å². The van der Waals surface area contributed by atoms with Crippen LogP contribution in [0.3, 0.4) is 0 Å². The second-order valence-corrected chi connectivity index (χ2v) is 6.75. The molecular weight excluding hydrogens is 300 g/mol. The van der Waals surface area contributed by atoms with E-state index in [2.05, 4.69) is 32.8 Å². The smallest absolute Gasteiger partial charge is 0.107 e. The molecule has 1 aromatic rings. The fourth-order valence-corrected chi connectivity index (χ4v) is 3.03. The molecule has 0 aromatic carbocycles. The average Bonchev–Trinajstić information content (AvgIpc) is 2.89. The van der Waals surface area contributed by atoms with Crippen molar-refractivity contribution in [3.63, 3.8) is 0 Å². The molecule has 1 heterocycles. The van der Waals surface area contributed by atoms with Gasteiger partial charge in [-0.25, -0.2) is 4.98 Å². The third-order valence-electron chi connectivity index (χ3n) is 3.59. The molecule has 2 nitrogen and oxygen atoms in total. The zero-order chi connectivity index (χ0) is 13.8. The maximum absolute atomic E-state index is 4.26. The number of halogens is 1. The van der Waals surface area contributed by atoms with Crippen LogP contribution in [-0.4, -0.2) is 14.8 Å². The lowest BCUT2D eigenvalue weighted by molar-refractivity contribution is 0.552. The van der Waals surface area contributed by atoms with Gasteiger partial charge in [-0.3, -0.25) is 0 Å². The maximum atomic E-state index is 4.26. The molecule has 0 aliphatic rings. The summed E-state index contributed by atoms with van der Waals surface area (Å²) in [6, 6.07) is 0. The van der Waals surface area contributed by atoms with Crippen molar-refractivity contribution in [1.82, 2.24) is 9.97 Å². The van der Waals surface area contributed by atoms with Crippen LogP contribution in [0.4, 0.5) is 0 Å². The summed E-state index contributed by atoms with van der Waals surface area (Å²) in [7, 11) is 0. The molecule has 3 heteroatoms. The Bertz CT molecular complexity index is 285. The Balaban J connectivity index is 1.85. The highest BCUT2D eigenvalue weighted by Gasteiger charge is 2.06. The zero-order valence-electron chi connectivity index (χ0n) is 12.3. The van der Waals surface area contributed by atoms with Gasteiger partial charge in [0.15, 0.2) is 0 Å². The highest BCUT2D eigenvalue weighted by molar-refractivity contribution is 9.09. The van der Waals surface area contributed by atoms with E-state index in [9.17, 15) is 0 Å². The van der Waals surface area contributed by atoms with Gasteiger partial charge in [0.25, 0.3) is 0 Å². The molecule has 19 heavy (non-hydrogen) atoms. The van der Waals surface area contributed by atoms with E-state index >= 15 is 0 Å². The molecule has 0 fully saturated rings. The quantitative estimate of drug-likeness (QED) is 0.390. The van der Waals surface area contributed by atoms with Gasteiger partial charge in [0.2, 0.25) is 0 Å². The van der Waals surface area contributed by atoms with E-state index in [1.54, 1.807) is 0 Å². The summed E-state index contributed by atoms with van der Waals surface area (Å²) in [5.41, 5.74) is 0. The van der Waals surface area contributed by atoms with Crippen LogP contribution in [0.2, 0.25) is 0 Å². The van der Waals surface area contributed by atoms with E-state index in [1.807, 2.05) is 12.4 Å². The molecule has 1 aromatic heterocycles. The number of imidazole rings is 1. The van der Waals surface area contributed by atoms with Crippen molar-refractivity contribution in [3.05, 3.63) is 18.2 Å². The van der Waals surface area contributed by atoms with Crippen LogP contribution in [-0.2, 0) is 6.42 Å². The van der Waals surface area contributed by atoms with Gasteiger partial charge in [0.1, 0.15) is 5.82 Å². The van der Waals surface area contributed by atoms with Gasteiger partial charge in [0.05, 0.1) is 0 Å². The Morgan fingerprint density at radius 1 is 1.05 bits per heavy atom. The SMILES string of the molecule is CCCCCCCCCCCC(Br)Cc1ncc[nH]1. The third-order valence-corrected chi connectivity index (χ3v) is 4.37. The Morgan fingerprint density at radius 2 is 1.68 bits per heavy atom. The fraction of sp³-hybridized carbons (Fsp3) is 0.812. The summed E-state index contributed by atoms with van der Waals surface area (Å²) < 4.78 is 0. The van der Waals surface area contributed by atoms with E-state index in [-0.39, 0.29) is 0 Å². The number of aromatic nitrogens is 2. The third kappa shape index (κ3) is 9.26. The second kappa shape index (κ2) is 11.5. The Kier molecular flexibility index (Phi) is 10.1. The zero-order valence-corrected chi connectivity index (χ0v) is 13.9. The van der Waals surface area contributed by atoms with E-state index in [1.165, 1.54) is 64.2 Å². The normalized spacial score (nSPS) is 12.7. The molecule has 0 spiro atoms. The predicted molar refractivity (Wildman–Crippen MR) is 86.9 cm³/mol. The Hall–Kier alpha value is -0.310. The molecule has 1 unspecified atom stereocenters. The maximum Gasteiger partial charge on any atom is 0.107 e. The molecule has 1 N–H and O–H groups in total. The lowest BCUT2D eigenvalue weighted by Crippen LogP contribution is -2.04. The summed E-state index contributed by atoms with van der Waals surface area (Å²) >= 11 is 3.75. The van der Waals surface area contributed by atoms with E-state index in [4.69, 9.17) is 0 Å². The predicted octanol–water partition coefficient (Wildman–Crippen LogP) is 5.64. The molecular formula is C16H29BrN2. The van der Waals surface area contributed by atoms with E-state index in [0.717, 1.165) is 12.2 Å². The fourth-order valence-electron chi connectivity index (χ4n) is 2.40. The van der Waals surface area contributed by atoms with Crippen LogP contribution in [0.1, 0.15) is 77.0 Å². The van der Waals surface area contributed by atoms with Crippen molar-refractivity contribution in [3.8, 4) is 0 Å². The van der Waals surface area contributed by atoms with Gasteiger partial charge in [0, 0.05) is 23.6 Å². The molecule has 0 bridgehead atoms. The number of aromatic amines is 1. The summed E-state index contributed by atoms with van der Waals surface area (Å²) in [6.45, 7) is 2.28. The summed E-state index contributed by atoms with van der Waals surface area (Å²) in [4.78, 5) is 8.00. The summed E-state index contributed by atoms with van der Waals surface area (Å²) in [5.74, 6) is 1.10. The minimum Gasteiger partial charge on any atom is -0.349 e. The van der Waals surface area contributed by atoms with Gasteiger partial charge in [-0.05, 0) is 6.42 Å². The topological polar surface area (TPSA) is 28.7 Å². The number of hydrogen-bond acceptors (Lipinski definition) is 1. The van der Waals surface area contributed by atoms with Gasteiger partial charge in [-0.2, -0.15) is 0 Å². The van der Waals surface area contributed by atoms with Crippen molar-refractivity contribution in [2.75, 3.05) is 0 Å². The van der Waals surface area contributed by atoms with Crippen LogP contribution in [0, 0.1) is 0 Å². The number of rotatable bonds is 12. The van der Waals surface area contributed by atoms with Crippen LogP contribution in [0.5, 0.6) is 0 Å². The van der Waals surface area contributed by atoms with Crippen molar-refractivity contribution < 1.29 is 0 Å². The molecule has 110 valence electrons. The first-order chi connectivity index (χ1) is 9.33. The first-order valence-electron chi connectivity index (χ1n) is 7.95. The van der Waals surface area contributed by atoms with Gasteiger partial charge < -0.3 is 4.98 Å². The molecule has 0 aliphatic carbocycles. The lowest BCUT2D eigenvalue weighted by Gasteiger charge is -2.07. The monoisotopic (exact) mass is 328 g/mol. The number of alkyl halides is 1. The number of unbranched alkanes of at least 4 members (excludes halogenated alkanes) is 8. The molecule has 0 saturated carbocycles. The molecule has 0 saturated heterocycles. The van der Waals surface area contributed by atoms with Crippen LogP contribution < -0.4 is 0 Å². The van der Waals surface area contributed by atoms with Crippen molar-refractivity contribution in [2.24, 2.45) is 0 Å². The average molecular weight is 329 g/mol. The van der Waals surface area contributed by atoms with Crippen molar-refractivity contribution >= 4 is 15.9 Å². The van der Waals surface area contributed by atoms with Gasteiger partial charge >= 0.3 is 0 Å². The lowest BCUT2D eigenvalue weighted by atomic mass is 10.1. The summed E-state index contributed by atoms with van der Waals surface area (Å²) in [6.07, 6.45) is 18.6. The van der Waals surface area contributed by atoms with Crippen LogP contribution in [0.15, 0.2) is 12.4 Å². The van der Waals surface area contributed by atoms with Crippen LogP contribution in [0.25, 0.3) is 0 Å². The first-order valence-corrected chi connectivity index (χ1v) is 8.86. The van der Waals surface area contributed by atoms with Gasteiger partial charge in [-0.15, -0.1) is 0 Å². The molecule has 1 rings (SSSR count). The first kappa shape index (κ1) is 16.7. The molecule has 0 amide bonds. The van der Waals surface area contributed by atoms with E-state index < -0.39 is 0 Å². The van der Waals surface area contributed by atoms with Crippen molar-refractivity contribution in [1.29, 1.82) is 0 Å². The molecule has 0 radical (unpaired) electrons. The number of H-pyrrole nitrogens is 1. The van der Waals surface area contributed by atoms with Crippen LogP contribution >= 0.6 is 15.9 Å². The molecule has 1 atom stereocenters. The standard InChI is InChI=1S/C16H29BrN2/c1-2-3-4-5-6-7-8-9-10-11-15(17)14-16-18-12-13-19-16/h12-13,15H,2-11,14H2,1H3,(H,18,19). The van der Waals surface area contributed by atoms with E-state index in [0.29, 0.717) is 4.83 Å². The van der Waals surface area contributed by atoms with Gasteiger partial charge in [-0.1, -0.05) is 80.6 Å². The largest absolute Gasteiger partial charge is 0.349 e.